The third-order valence-corrected chi connectivity index (χ3v) is 3.98. The van der Waals surface area contributed by atoms with Crippen molar-refractivity contribution in [3.8, 4) is 0 Å². The molecule has 0 bridgehead atoms. The molecule has 1 aromatic heterocycles. The SMILES string of the molecule is Cc1csc(CN2CCCCC2CN)n1. The number of rotatable bonds is 3. The molecule has 15 heavy (non-hydrogen) atoms. The maximum absolute atomic E-state index is 5.79. The van der Waals surface area contributed by atoms with Gasteiger partial charge in [-0.15, -0.1) is 11.3 Å². The third kappa shape index (κ3) is 2.77. The number of nitrogens with zero attached hydrogens (tertiary/aromatic N) is 2. The van der Waals surface area contributed by atoms with E-state index in [1.54, 1.807) is 11.3 Å². The Morgan fingerprint density at radius 3 is 3.13 bits per heavy atom. The van der Waals surface area contributed by atoms with E-state index >= 15 is 0 Å². The van der Waals surface area contributed by atoms with Crippen molar-refractivity contribution in [1.82, 2.24) is 9.88 Å². The molecule has 1 aliphatic heterocycles. The molecule has 2 N–H and O–H groups in total. The van der Waals surface area contributed by atoms with E-state index in [0.717, 1.165) is 18.8 Å². The molecule has 1 aliphatic rings. The number of piperidine rings is 1. The first-order valence-corrected chi connectivity index (χ1v) is 6.52. The molecular formula is C11H19N3S. The van der Waals surface area contributed by atoms with Crippen LogP contribution in [-0.4, -0.2) is 29.0 Å². The van der Waals surface area contributed by atoms with Gasteiger partial charge in [0.2, 0.25) is 0 Å². The standard InChI is InChI=1S/C11H19N3S/c1-9-8-15-11(13-9)7-14-5-3-2-4-10(14)6-12/h8,10H,2-7,12H2,1H3. The van der Waals surface area contributed by atoms with Gasteiger partial charge in [0.1, 0.15) is 5.01 Å². The van der Waals surface area contributed by atoms with Crippen LogP contribution in [0.1, 0.15) is 30.0 Å². The fourth-order valence-corrected chi connectivity index (χ4v) is 2.98. The highest BCUT2D eigenvalue weighted by Crippen LogP contribution is 2.20. The smallest absolute Gasteiger partial charge is 0.107 e. The lowest BCUT2D eigenvalue weighted by Crippen LogP contribution is -2.43. The maximum atomic E-state index is 5.79. The second-order valence-corrected chi connectivity index (χ2v) is 5.18. The van der Waals surface area contributed by atoms with Gasteiger partial charge in [0, 0.05) is 23.7 Å². The molecule has 0 spiro atoms. The zero-order chi connectivity index (χ0) is 10.7. The Balaban J connectivity index is 1.97. The summed E-state index contributed by atoms with van der Waals surface area (Å²) in [6.45, 7) is 5.00. The number of nitrogens with two attached hydrogens (primary N) is 1. The second-order valence-electron chi connectivity index (χ2n) is 4.24. The molecule has 1 saturated heterocycles. The molecule has 1 atom stereocenters. The monoisotopic (exact) mass is 225 g/mol. The van der Waals surface area contributed by atoms with Crippen LogP contribution in [0.5, 0.6) is 0 Å². The molecule has 2 heterocycles. The Labute approximate surface area is 95.3 Å². The normalized spacial score (nSPS) is 23.2. The number of hydrogen-bond acceptors (Lipinski definition) is 4. The van der Waals surface area contributed by atoms with E-state index in [9.17, 15) is 0 Å². The lowest BCUT2D eigenvalue weighted by molar-refractivity contribution is 0.144. The average molecular weight is 225 g/mol. The molecule has 4 heteroatoms. The highest BCUT2D eigenvalue weighted by Gasteiger charge is 2.21. The van der Waals surface area contributed by atoms with Crippen molar-refractivity contribution in [1.29, 1.82) is 0 Å². The number of hydrogen-bond donors (Lipinski definition) is 1. The molecule has 1 aromatic rings. The Morgan fingerprint density at radius 1 is 1.60 bits per heavy atom. The topological polar surface area (TPSA) is 42.1 Å². The summed E-state index contributed by atoms with van der Waals surface area (Å²) < 4.78 is 0. The van der Waals surface area contributed by atoms with Crippen LogP contribution in [0.3, 0.4) is 0 Å². The van der Waals surface area contributed by atoms with Gasteiger partial charge < -0.3 is 5.73 Å². The molecule has 0 aromatic carbocycles. The molecule has 84 valence electrons. The van der Waals surface area contributed by atoms with Crippen LogP contribution in [0, 0.1) is 6.92 Å². The van der Waals surface area contributed by atoms with Crippen molar-refractivity contribution >= 4 is 11.3 Å². The van der Waals surface area contributed by atoms with Crippen LogP contribution in [0.2, 0.25) is 0 Å². The molecule has 3 nitrogen and oxygen atoms in total. The predicted molar refractivity (Wildman–Crippen MR) is 64.0 cm³/mol. The largest absolute Gasteiger partial charge is 0.329 e. The van der Waals surface area contributed by atoms with E-state index in [1.807, 2.05) is 0 Å². The lowest BCUT2D eigenvalue weighted by Gasteiger charge is -2.34. The molecule has 1 fully saturated rings. The molecule has 2 rings (SSSR count). The Kier molecular flexibility index (Phi) is 3.72. The van der Waals surface area contributed by atoms with E-state index in [4.69, 9.17) is 5.73 Å². The summed E-state index contributed by atoms with van der Waals surface area (Å²) >= 11 is 1.76. The number of likely N-dealkylation sites (tertiary alicyclic amines) is 1. The zero-order valence-corrected chi connectivity index (χ0v) is 10.1. The van der Waals surface area contributed by atoms with Gasteiger partial charge in [0.15, 0.2) is 0 Å². The van der Waals surface area contributed by atoms with E-state index in [0.29, 0.717) is 6.04 Å². The minimum absolute atomic E-state index is 0.572. The molecule has 1 unspecified atom stereocenters. The molecule has 0 amide bonds. The van der Waals surface area contributed by atoms with Crippen molar-refractivity contribution in [2.24, 2.45) is 5.73 Å². The quantitative estimate of drug-likeness (QED) is 0.852. The van der Waals surface area contributed by atoms with Crippen LogP contribution in [0.4, 0.5) is 0 Å². The van der Waals surface area contributed by atoms with Gasteiger partial charge in [-0.25, -0.2) is 4.98 Å². The van der Waals surface area contributed by atoms with Crippen LogP contribution in [-0.2, 0) is 6.54 Å². The summed E-state index contributed by atoms with van der Waals surface area (Å²) in [5.41, 5.74) is 6.93. The molecule has 0 saturated carbocycles. The van der Waals surface area contributed by atoms with Gasteiger partial charge in [-0.05, 0) is 26.3 Å². The Morgan fingerprint density at radius 2 is 2.47 bits per heavy atom. The van der Waals surface area contributed by atoms with Crippen LogP contribution >= 0.6 is 11.3 Å². The molecule has 0 radical (unpaired) electrons. The van der Waals surface area contributed by atoms with Crippen LogP contribution < -0.4 is 5.73 Å². The van der Waals surface area contributed by atoms with E-state index in [1.165, 1.54) is 30.8 Å². The van der Waals surface area contributed by atoms with Gasteiger partial charge in [-0.3, -0.25) is 4.90 Å². The third-order valence-electron chi connectivity index (χ3n) is 3.03. The number of aromatic nitrogens is 1. The minimum atomic E-state index is 0.572. The lowest BCUT2D eigenvalue weighted by atomic mass is 10.0. The van der Waals surface area contributed by atoms with Crippen molar-refractivity contribution < 1.29 is 0 Å². The van der Waals surface area contributed by atoms with Gasteiger partial charge in [0.25, 0.3) is 0 Å². The van der Waals surface area contributed by atoms with Crippen molar-refractivity contribution in [3.63, 3.8) is 0 Å². The molecular weight excluding hydrogens is 206 g/mol. The van der Waals surface area contributed by atoms with Crippen LogP contribution in [0.25, 0.3) is 0 Å². The number of thiazole rings is 1. The first kappa shape index (κ1) is 11.0. The molecule has 0 aliphatic carbocycles. The fourth-order valence-electron chi connectivity index (χ4n) is 2.18. The van der Waals surface area contributed by atoms with Gasteiger partial charge in [-0.1, -0.05) is 6.42 Å². The summed E-state index contributed by atoms with van der Waals surface area (Å²) in [6.07, 6.45) is 3.89. The van der Waals surface area contributed by atoms with Crippen LogP contribution in [0.15, 0.2) is 5.38 Å². The van der Waals surface area contributed by atoms with Gasteiger partial charge >= 0.3 is 0 Å². The fraction of sp³-hybridized carbons (Fsp3) is 0.727. The van der Waals surface area contributed by atoms with E-state index in [2.05, 4.69) is 22.2 Å². The zero-order valence-electron chi connectivity index (χ0n) is 9.28. The average Bonchev–Trinajstić information content (AvgIpc) is 2.65. The summed E-state index contributed by atoms with van der Waals surface area (Å²) in [6, 6.07) is 0.572. The summed E-state index contributed by atoms with van der Waals surface area (Å²) in [7, 11) is 0. The number of aryl methyl sites for hydroxylation is 1. The summed E-state index contributed by atoms with van der Waals surface area (Å²) in [4.78, 5) is 7.00. The minimum Gasteiger partial charge on any atom is -0.329 e. The summed E-state index contributed by atoms with van der Waals surface area (Å²) in [5, 5.41) is 3.35. The van der Waals surface area contributed by atoms with Crippen molar-refractivity contribution in [2.75, 3.05) is 13.1 Å². The maximum Gasteiger partial charge on any atom is 0.107 e. The highest BCUT2D eigenvalue weighted by molar-refractivity contribution is 7.09. The van der Waals surface area contributed by atoms with Gasteiger partial charge in [0.05, 0.1) is 6.54 Å². The Bertz CT molecular complexity index is 311. The highest BCUT2D eigenvalue weighted by atomic mass is 32.1. The second kappa shape index (κ2) is 5.05. The first-order chi connectivity index (χ1) is 7.29. The van der Waals surface area contributed by atoms with E-state index in [-0.39, 0.29) is 0 Å². The van der Waals surface area contributed by atoms with Crippen molar-refractivity contribution in [2.45, 2.75) is 38.8 Å². The predicted octanol–water partition coefficient (Wildman–Crippen LogP) is 1.76. The Hall–Kier alpha value is -0.450. The van der Waals surface area contributed by atoms with Gasteiger partial charge in [-0.2, -0.15) is 0 Å². The van der Waals surface area contributed by atoms with Crippen molar-refractivity contribution in [3.05, 3.63) is 16.1 Å². The van der Waals surface area contributed by atoms with E-state index < -0.39 is 0 Å². The summed E-state index contributed by atoms with van der Waals surface area (Å²) in [5.74, 6) is 0. The first-order valence-electron chi connectivity index (χ1n) is 5.64.